The van der Waals surface area contributed by atoms with Gasteiger partial charge in [-0.1, -0.05) is 29.3 Å². The molecule has 3 fully saturated rings. The van der Waals surface area contributed by atoms with Crippen molar-refractivity contribution in [2.75, 3.05) is 30.3 Å². The average Bonchev–Trinajstić information content (AvgIpc) is 3.44. The number of hydrogen-bond donors (Lipinski definition) is 2. The van der Waals surface area contributed by atoms with Gasteiger partial charge >= 0.3 is 0 Å². The fourth-order valence-electron chi connectivity index (χ4n) is 6.03. The summed E-state index contributed by atoms with van der Waals surface area (Å²) in [4.78, 5) is 32.3. The number of fused-ring (bicyclic) bond motifs is 2. The normalized spacial score (nSPS) is 24.1. The van der Waals surface area contributed by atoms with Crippen molar-refractivity contribution in [2.45, 2.75) is 37.8 Å². The van der Waals surface area contributed by atoms with Crippen LogP contribution in [0.25, 0.3) is 0 Å². The Kier molecular flexibility index (Phi) is 7.75. The third-order valence-electron chi connectivity index (χ3n) is 8.08. The molecule has 2 saturated carbocycles. The molecule has 4 aliphatic rings. The van der Waals surface area contributed by atoms with E-state index in [0.717, 1.165) is 35.4 Å². The summed E-state index contributed by atoms with van der Waals surface area (Å²) in [5.41, 5.74) is 5.29. The van der Waals surface area contributed by atoms with E-state index in [1.54, 1.807) is 12.1 Å². The lowest BCUT2D eigenvalue weighted by molar-refractivity contribution is -0.125. The van der Waals surface area contributed by atoms with E-state index >= 15 is 0 Å². The van der Waals surface area contributed by atoms with E-state index in [2.05, 4.69) is 5.32 Å². The standard InChI is InChI=1S/C29H29Cl2N3O4S/c30-23-2-1-3-24(31)26(23)27-22(21(14-33-27)16-4-5-16)15-38-25-13-19-12-20(25)29(36)34(19)18-8-6-17(7-9-18)28(35)32-10-11-39-37/h1-3,6-9,16,19-20,25,37H,4-5,10-15H2,(H,32,35). The van der Waals surface area contributed by atoms with Gasteiger partial charge < -0.3 is 19.5 Å². The molecule has 204 valence electrons. The van der Waals surface area contributed by atoms with Crippen LogP contribution in [0.1, 0.15) is 41.6 Å². The molecule has 0 spiro atoms. The summed E-state index contributed by atoms with van der Waals surface area (Å²) in [5.74, 6) is 0.649. The highest BCUT2D eigenvalue weighted by molar-refractivity contribution is 7.93. The lowest BCUT2D eigenvalue weighted by Gasteiger charge is -2.31. The van der Waals surface area contributed by atoms with Gasteiger partial charge in [-0.25, -0.2) is 0 Å². The minimum absolute atomic E-state index is 0.0688. The van der Waals surface area contributed by atoms with E-state index in [0.29, 0.717) is 59.0 Å². The summed E-state index contributed by atoms with van der Waals surface area (Å²) in [6, 6.07) is 12.7. The molecular weight excluding hydrogens is 557 g/mol. The second kappa shape index (κ2) is 11.3. The SMILES string of the molecule is O=C(NCCSO)c1ccc(N2C(=O)C3CC2CC3OCC2=C(C3CC3)CN=C2c2c(Cl)cccc2Cl)cc1. The van der Waals surface area contributed by atoms with Crippen LogP contribution in [0.3, 0.4) is 0 Å². The van der Waals surface area contributed by atoms with Gasteiger partial charge in [0.1, 0.15) is 0 Å². The molecule has 2 bridgehead atoms. The molecule has 2 aliphatic heterocycles. The Morgan fingerprint density at radius 2 is 1.87 bits per heavy atom. The van der Waals surface area contributed by atoms with E-state index in [4.69, 9.17) is 37.5 Å². The molecule has 39 heavy (non-hydrogen) atoms. The van der Waals surface area contributed by atoms with E-state index in [9.17, 15) is 9.59 Å². The Morgan fingerprint density at radius 1 is 1.13 bits per heavy atom. The van der Waals surface area contributed by atoms with Crippen LogP contribution in [0.5, 0.6) is 0 Å². The van der Waals surface area contributed by atoms with Crippen LogP contribution >= 0.6 is 35.2 Å². The minimum Gasteiger partial charge on any atom is -0.373 e. The highest BCUT2D eigenvalue weighted by Crippen LogP contribution is 2.45. The summed E-state index contributed by atoms with van der Waals surface area (Å²) >= 11 is 13.8. The third-order valence-corrected chi connectivity index (χ3v) is 9.09. The maximum atomic E-state index is 13.4. The fraction of sp³-hybridized carbons (Fsp3) is 0.414. The van der Waals surface area contributed by atoms with Gasteiger partial charge in [0.05, 0.1) is 40.9 Å². The van der Waals surface area contributed by atoms with Gasteiger partial charge in [-0.2, -0.15) is 0 Å². The van der Waals surface area contributed by atoms with Crippen molar-refractivity contribution in [3.05, 3.63) is 74.8 Å². The topological polar surface area (TPSA) is 91.2 Å². The fourth-order valence-corrected chi connectivity index (χ4v) is 6.80. The van der Waals surface area contributed by atoms with Crippen molar-refractivity contribution in [1.29, 1.82) is 0 Å². The van der Waals surface area contributed by atoms with Crippen LogP contribution in [-0.2, 0) is 9.53 Å². The largest absolute Gasteiger partial charge is 0.373 e. The van der Waals surface area contributed by atoms with Crippen molar-refractivity contribution in [2.24, 2.45) is 16.8 Å². The minimum atomic E-state index is -0.203. The molecule has 6 rings (SSSR count). The first-order valence-electron chi connectivity index (χ1n) is 13.3. The Bertz CT molecular complexity index is 1340. The maximum Gasteiger partial charge on any atom is 0.251 e. The van der Waals surface area contributed by atoms with Crippen molar-refractivity contribution in [1.82, 2.24) is 5.32 Å². The predicted octanol–water partition coefficient (Wildman–Crippen LogP) is 5.65. The Morgan fingerprint density at radius 3 is 2.54 bits per heavy atom. The summed E-state index contributed by atoms with van der Waals surface area (Å²) in [7, 11) is 0. The first-order valence-corrected chi connectivity index (χ1v) is 15.0. The first kappa shape index (κ1) is 26.8. The number of ether oxygens (including phenoxy) is 1. The molecule has 0 radical (unpaired) electrons. The Labute approximate surface area is 241 Å². The van der Waals surface area contributed by atoms with Crippen LogP contribution in [0.15, 0.2) is 58.6 Å². The molecule has 0 aromatic heterocycles. The number of carbonyl (C=O) groups is 2. The molecule has 1 saturated heterocycles. The molecule has 2 N–H and O–H groups in total. The lowest BCUT2D eigenvalue weighted by atomic mass is 9.97. The molecule has 2 amide bonds. The lowest BCUT2D eigenvalue weighted by Crippen LogP contribution is -2.43. The zero-order chi connectivity index (χ0) is 27.1. The smallest absolute Gasteiger partial charge is 0.251 e. The number of anilines is 1. The number of nitrogens with one attached hydrogen (secondary N) is 1. The van der Waals surface area contributed by atoms with E-state index in [1.807, 2.05) is 35.2 Å². The molecule has 3 atom stereocenters. The number of halogens is 2. The Hall–Kier alpha value is -2.36. The average molecular weight is 587 g/mol. The van der Waals surface area contributed by atoms with Gasteiger partial charge in [0, 0.05) is 40.7 Å². The number of carbonyl (C=O) groups excluding carboxylic acids is 2. The summed E-state index contributed by atoms with van der Waals surface area (Å²) in [6.07, 6.45) is 3.72. The molecular formula is C29H29Cl2N3O4S. The van der Waals surface area contributed by atoms with Gasteiger partial charge in [0.2, 0.25) is 5.91 Å². The summed E-state index contributed by atoms with van der Waals surface area (Å²) in [6.45, 7) is 1.43. The predicted molar refractivity (Wildman–Crippen MR) is 155 cm³/mol. The molecule has 2 heterocycles. The second-order valence-electron chi connectivity index (χ2n) is 10.5. The number of amides is 2. The van der Waals surface area contributed by atoms with E-state index in [-0.39, 0.29) is 29.9 Å². The molecule has 2 aromatic rings. The van der Waals surface area contributed by atoms with Crippen LogP contribution in [-0.4, -0.2) is 59.7 Å². The van der Waals surface area contributed by atoms with E-state index < -0.39 is 0 Å². The van der Waals surface area contributed by atoms with Gasteiger partial charge in [-0.05, 0) is 85.6 Å². The second-order valence-corrected chi connectivity index (χ2v) is 11.9. The van der Waals surface area contributed by atoms with Crippen molar-refractivity contribution < 1.29 is 18.9 Å². The number of aliphatic imine (C=N–C) groups is 1. The summed E-state index contributed by atoms with van der Waals surface area (Å²) in [5, 5.41) is 3.91. The van der Waals surface area contributed by atoms with Crippen molar-refractivity contribution in [3.63, 3.8) is 0 Å². The highest BCUT2D eigenvalue weighted by Gasteiger charge is 2.52. The number of benzene rings is 2. The van der Waals surface area contributed by atoms with Crippen LogP contribution in [0, 0.1) is 11.8 Å². The molecule has 10 heteroatoms. The van der Waals surface area contributed by atoms with E-state index in [1.165, 1.54) is 18.4 Å². The quantitative estimate of drug-likeness (QED) is 0.278. The van der Waals surface area contributed by atoms with Crippen molar-refractivity contribution >= 4 is 58.5 Å². The zero-order valence-electron chi connectivity index (χ0n) is 21.2. The van der Waals surface area contributed by atoms with Crippen LogP contribution in [0.4, 0.5) is 5.69 Å². The molecule has 2 aliphatic carbocycles. The zero-order valence-corrected chi connectivity index (χ0v) is 23.6. The van der Waals surface area contributed by atoms with Crippen LogP contribution in [0.2, 0.25) is 10.0 Å². The Balaban J connectivity index is 1.12. The number of hydrogen-bond acceptors (Lipinski definition) is 6. The number of rotatable bonds is 10. The summed E-state index contributed by atoms with van der Waals surface area (Å²) < 4.78 is 15.3. The van der Waals surface area contributed by atoms with Crippen molar-refractivity contribution in [3.8, 4) is 0 Å². The molecule has 7 nitrogen and oxygen atoms in total. The molecule has 2 aromatic carbocycles. The number of piperidine rings is 1. The monoisotopic (exact) mass is 585 g/mol. The third kappa shape index (κ3) is 5.25. The maximum absolute atomic E-state index is 13.4. The van der Waals surface area contributed by atoms with Crippen LogP contribution < -0.4 is 10.2 Å². The first-order chi connectivity index (χ1) is 19.0. The highest BCUT2D eigenvalue weighted by atomic mass is 35.5. The molecule has 3 unspecified atom stereocenters. The van der Waals surface area contributed by atoms with Gasteiger partial charge in [-0.3, -0.25) is 14.6 Å². The number of nitrogens with zero attached hydrogens (tertiary/aromatic N) is 2. The van der Waals surface area contributed by atoms with Gasteiger partial charge in [0.15, 0.2) is 0 Å². The van der Waals surface area contributed by atoms with Gasteiger partial charge in [0.25, 0.3) is 5.91 Å². The van der Waals surface area contributed by atoms with Gasteiger partial charge in [-0.15, -0.1) is 0 Å².